The molecule has 0 spiro atoms. The molecule has 0 saturated heterocycles. The molecule has 1 amide bonds. The summed E-state index contributed by atoms with van der Waals surface area (Å²) >= 11 is 0. The number of nitrogens with one attached hydrogen (secondary N) is 2. The number of H-pyrrole nitrogens is 1. The Morgan fingerprint density at radius 1 is 0.943 bits per heavy atom. The summed E-state index contributed by atoms with van der Waals surface area (Å²) in [4.78, 5) is 29.4. The first kappa shape index (κ1) is 26.6. The minimum atomic E-state index is -0.00373. The number of aromatic amines is 1. The van der Waals surface area contributed by atoms with Gasteiger partial charge < -0.3 is 19.8 Å². The van der Waals surface area contributed by atoms with Crippen LogP contribution in [0.5, 0.6) is 0 Å². The summed E-state index contributed by atoms with van der Waals surface area (Å²) in [5.41, 5.74) is 1.85. The van der Waals surface area contributed by atoms with Gasteiger partial charge in [0.1, 0.15) is 11.6 Å². The van der Waals surface area contributed by atoms with Crippen LogP contribution in [-0.2, 0) is 26.7 Å². The van der Waals surface area contributed by atoms with Crippen LogP contribution >= 0.6 is 0 Å². The van der Waals surface area contributed by atoms with Gasteiger partial charge in [0.15, 0.2) is 0 Å². The predicted molar refractivity (Wildman–Crippen MR) is 140 cm³/mol. The van der Waals surface area contributed by atoms with E-state index in [1.807, 2.05) is 54.5 Å². The fourth-order valence-corrected chi connectivity index (χ4v) is 4.26. The van der Waals surface area contributed by atoms with Crippen LogP contribution in [0.1, 0.15) is 67.1 Å². The van der Waals surface area contributed by atoms with Gasteiger partial charge in [0.2, 0.25) is 0 Å². The number of hydrogen-bond donors (Lipinski definition) is 2. The molecule has 0 atom stereocenters. The minimum Gasteiger partial charge on any atom is -0.352 e. The molecule has 3 aromatic rings. The Balaban J connectivity index is 1.48. The fourth-order valence-electron chi connectivity index (χ4n) is 4.26. The fraction of sp³-hybridized carbons (Fsp3) is 0.519. The Morgan fingerprint density at radius 2 is 1.71 bits per heavy atom. The molecule has 0 aliphatic carbocycles. The summed E-state index contributed by atoms with van der Waals surface area (Å²) in [6.07, 6.45) is 11.9. The molecule has 2 aromatic heterocycles. The Bertz CT molecular complexity index is 975. The summed E-state index contributed by atoms with van der Waals surface area (Å²) < 4.78 is 2.04. The van der Waals surface area contributed by atoms with Gasteiger partial charge in [0.25, 0.3) is 5.91 Å². The van der Waals surface area contributed by atoms with Gasteiger partial charge in [0.05, 0.1) is 13.1 Å². The van der Waals surface area contributed by atoms with Gasteiger partial charge in [0, 0.05) is 50.5 Å². The molecule has 0 fully saturated rings. The lowest BCUT2D eigenvalue weighted by Crippen LogP contribution is -2.28. The summed E-state index contributed by atoms with van der Waals surface area (Å²) in [5, 5.41) is 3.07. The third-order valence-corrected chi connectivity index (χ3v) is 6.10. The number of rotatable bonds is 16. The van der Waals surface area contributed by atoms with Gasteiger partial charge in [-0.15, -0.1) is 0 Å². The zero-order valence-electron chi connectivity index (χ0n) is 21.5. The molecule has 8 nitrogen and oxygen atoms in total. The van der Waals surface area contributed by atoms with Crippen LogP contribution in [-0.4, -0.2) is 61.4 Å². The molecule has 0 aliphatic heterocycles. The lowest BCUT2D eigenvalue weighted by Gasteiger charge is -2.21. The van der Waals surface area contributed by atoms with Gasteiger partial charge >= 0.3 is 0 Å². The number of benzene rings is 1. The molecule has 8 heteroatoms. The quantitative estimate of drug-likeness (QED) is 0.304. The first-order valence-electron chi connectivity index (χ1n) is 12.8. The number of carbonyl (C=O) groups is 1. The maximum absolute atomic E-state index is 12.6. The number of aromatic nitrogens is 4. The number of carbonyl (C=O) groups excluding carboxylic acids is 1. The van der Waals surface area contributed by atoms with E-state index in [4.69, 9.17) is 0 Å². The van der Waals surface area contributed by atoms with Gasteiger partial charge in [-0.3, -0.25) is 9.69 Å². The highest BCUT2D eigenvalue weighted by Crippen LogP contribution is 2.13. The van der Waals surface area contributed by atoms with Crippen molar-refractivity contribution in [2.75, 3.05) is 26.2 Å². The number of unbranched alkanes of at least 4 members (excludes halogenated alkanes) is 1. The normalized spacial score (nSPS) is 11.5. The summed E-state index contributed by atoms with van der Waals surface area (Å²) in [6.45, 7) is 10.7. The number of imidazole rings is 2. The number of amides is 1. The molecule has 2 N–H and O–H groups in total. The van der Waals surface area contributed by atoms with Crippen molar-refractivity contribution < 1.29 is 4.79 Å². The van der Waals surface area contributed by atoms with E-state index in [2.05, 4.69) is 43.9 Å². The standard InChI is InChI=1S/C27H41N7O/c1-4-16-33(17-5-2)18-7-6-12-31-27(35)24-10-8-23(9-11-24)20-34(21-25-28-13-14-29-25)22-26-30-15-19-32(26)3/h8-11,13-15,19H,4-7,12,16-18,20-22H2,1-3H3,(H,28,29)(H,31,35). The highest BCUT2D eigenvalue weighted by molar-refractivity contribution is 5.94. The van der Waals surface area contributed by atoms with E-state index in [1.165, 1.54) is 12.8 Å². The Morgan fingerprint density at radius 3 is 2.34 bits per heavy atom. The first-order valence-corrected chi connectivity index (χ1v) is 12.8. The molecule has 3 rings (SSSR count). The zero-order valence-corrected chi connectivity index (χ0v) is 21.5. The van der Waals surface area contributed by atoms with Gasteiger partial charge in [-0.1, -0.05) is 26.0 Å². The predicted octanol–water partition coefficient (Wildman–Crippen LogP) is 3.98. The van der Waals surface area contributed by atoms with Crippen LogP contribution in [0.4, 0.5) is 0 Å². The zero-order chi connectivity index (χ0) is 24.9. The van der Waals surface area contributed by atoms with Crippen LogP contribution in [0.15, 0.2) is 49.1 Å². The summed E-state index contributed by atoms with van der Waals surface area (Å²) in [6, 6.07) is 7.91. The van der Waals surface area contributed by atoms with Gasteiger partial charge in [-0.05, 0) is 63.0 Å². The van der Waals surface area contributed by atoms with Crippen molar-refractivity contribution in [3.05, 3.63) is 71.8 Å². The van der Waals surface area contributed by atoms with Gasteiger partial charge in [-0.2, -0.15) is 0 Å². The molecule has 2 heterocycles. The van der Waals surface area contributed by atoms with Crippen molar-refractivity contribution in [2.24, 2.45) is 7.05 Å². The van der Waals surface area contributed by atoms with Gasteiger partial charge in [-0.25, -0.2) is 9.97 Å². The molecular formula is C27H41N7O. The Hall–Kier alpha value is -2.97. The lowest BCUT2D eigenvalue weighted by atomic mass is 10.1. The van der Waals surface area contributed by atoms with Crippen LogP contribution in [0, 0.1) is 0 Å². The molecule has 1 aromatic carbocycles. The first-order chi connectivity index (χ1) is 17.1. The smallest absolute Gasteiger partial charge is 0.251 e. The third kappa shape index (κ3) is 8.96. The third-order valence-electron chi connectivity index (χ3n) is 6.10. The topological polar surface area (TPSA) is 82.1 Å². The van der Waals surface area contributed by atoms with Crippen LogP contribution in [0.2, 0.25) is 0 Å². The number of hydrogen-bond acceptors (Lipinski definition) is 5. The minimum absolute atomic E-state index is 0.00373. The maximum atomic E-state index is 12.6. The van der Waals surface area contributed by atoms with Crippen molar-refractivity contribution in [3.8, 4) is 0 Å². The second-order valence-corrected chi connectivity index (χ2v) is 9.14. The van der Waals surface area contributed by atoms with Crippen molar-refractivity contribution in [1.82, 2.24) is 34.6 Å². The van der Waals surface area contributed by atoms with Crippen molar-refractivity contribution in [1.29, 1.82) is 0 Å². The molecule has 0 bridgehead atoms. The molecule has 0 aliphatic rings. The highest BCUT2D eigenvalue weighted by atomic mass is 16.1. The van der Waals surface area contributed by atoms with E-state index in [-0.39, 0.29) is 5.91 Å². The van der Waals surface area contributed by atoms with Crippen LogP contribution in [0.3, 0.4) is 0 Å². The second-order valence-electron chi connectivity index (χ2n) is 9.14. The molecule has 35 heavy (non-hydrogen) atoms. The van der Waals surface area contributed by atoms with Crippen LogP contribution in [0.25, 0.3) is 0 Å². The molecule has 190 valence electrons. The van der Waals surface area contributed by atoms with Crippen molar-refractivity contribution >= 4 is 5.91 Å². The lowest BCUT2D eigenvalue weighted by molar-refractivity contribution is 0.0952. The average Bonchev–Trinajstić information content (AvgIpc) is 3.51. The van der Waals surface area contributed by atoms with E-state index < -0.39 is 0 Å². The Labute approximate surface area is 209 Å². The average molecular weight is 480 g/mol. The second kappa shape index (κ2) is 14.4. The maximum Gasteiger partial charge on any atom is 0.251 e. The van der Waals surface area contributed by atoms with Crippen molar-refractivity contribution in [3.63, 3.8) is 0 Å². The Kier molecular flexibility index (Phi) is 11.0. The number of aryl methyl sites for hydroxylation is 1. The number of nitrogens with zero attached hydrogens (tertiary/aromatic N) is 5. The van der Waals surface area contributed by atoms with E-state index >= 15 is 0 Å². The molecule has 0 radical (unpaired) electrons. The largest absolute Gasteiger partial charge is 0.352 e. The van der Waals surface area contributed by atoms with Crippen molar-refractivity contribution in [2.45, 2.75) is 59.2 Å². The molecule has 0 unspecified atom stereocenters. The van der Waals surface area contributed by atoms with Crippen LogP contribution < -0.4 is 5.32 Å². The summed E-state index contributed by atoms with van der Waals surface area (Å²) in [7, 11) is 2.01. The molecular weight excluding hydrogens is 438 g/mol. The summed E-state index contributed by atoms with van der Waals surface area (Å²) in [5.74, 6) is 1.92. The van der Waals surface area contributed by atoms with E-state index in [9.17, 15) is 4.79 Å². The van der Waals surface area contributed by atoms with E-state index in [0.29, 0.717) is 25.2 Å². The van der Waals surface area contributed by atoms with E-state index in [0.717, 1.165) is 56.2 Å². The monoisotopic (exact) mass is 479 g/mol. The van der Waals surface area contributed by atoms with E-state index in [1.54, 1.807) is 6.20 Å². The SMILES string of the molecule is CCCN(CCC)CCCCNC(=O)c1ccc(CN(Cc2ncc[nH]2)Cc2nccn2C)cc1. The highest BCUT2D eigenvalue weighted by Gasteiger charge is 2.13. The molecule has 0 saturated carbocycles.